The predicted octanol–water partition coefficient (Wildman–Crippen LogP) is 4.69. The lowest BCUT2D eigenvalue weighted by molar-refractivity contribution is -0.385. The number of benzene rings is 1. The van der Waals surface area contributed by atoms with Crippen LogP contribution >= 0.6 is 0 Å². The van der Waals surface area contributed by atoms with Gasteiger partial charge in [-0.15, -0.1) is 0 Å². The van der Waals surface area contributed by atoms with Gasteiger partial charge >= 0.3 is 5.69 Å². The zero-order chi connectivity index (χ0) is 24.1. The number of aryl methyl sites for hydroxylation is 1. The first-order chi connectivity index (χ1) is 16.4. The van der Waals surface area contributed by atoms with Gasteiger partial charge in [-0.05, 0) is 75.4 Å². The Labute approximate surface area is 200 Å². The highest BCUT2D eigenvalue weighted by molar-refractivity contribution is 5.95. The van der Waals surface area contributed by atoms with E-state index in [9.17, 15) is 20.0 Å². The van der Waals surface area contributed by atoms with Gasteiger partial charge in [0.15, 0.2) is 5.75 Å². The number of hydrogen-bond donors (Lipinski definition) is 2. The van der Waals surface area contributed by atoms with E-state index in [-0.39, 0.29) is 23.3 Å². The molecule has 0 spiro atoms. The molecule has 0 radical (unpaired) electrons. The first-order valence-corrected chi connectivity index (χ1v) is 12.3. The van der Waals surface area contributed by atoms with Crippen LogP contribution in [0.2, 0.25) is 0 Å². The molecule has 1 aromatic heterocycles. The average Bonchev–Trinajstić information content (AvgIpc) is 2.84. The number of amides is 1. The molecule has 2 N–H and O–H groups in total. The summed E-state index contributed by atoms with van der Waals surface area (Å²) >= 11 is 0. The van der Waals surface area contributed by atoms with Crippen molar-refractivity contribution in [1.82, 2.24) is 15.2 Å². The van der Waals surface area contributed by atoms with Crippen molar-refractivity contribution in [3.8, 4) is 5.75 Å². The maximum Gasteiger partial charge on any atom is 0.311 e. The minimum atomic E-state index is -0.560. The zero-order valence-electron chi connectivity index (χ0n) is 19.8. The van der Waals surface area contributed by atoms with E-state index in [1.165, 1.54) is 44.2 Å². The number of pyridine rings is 1. The molecule has 1 aliphatic heterocycles. The van der Waals surface area contributed by atoms with E-state index in [1.54, 1.807) is 6.07 Å². The number of likely N-dealkylation sites (tertiary alicyclic amines) is 1. The fourth-order valence-corrected chi connectivity index (χ4v) is 5.24. The maximum atomic E-state index is 13.0. The molecule has 0 bridgehead atoms. The van der Waals surface area contributed by atoms with Crippen LogP contribution in [-0.2, 0) is 6.54 Å². The molecular formula is C26H34N4O4. The van der Waals surface area contributed by atoms with E-state index in [4.69, 9.17) is 4.98 Å². The van der Waals surface area contributed by atoms with Crippen LogP contribution < -0.4 is 5.32 Å². The van der Waals surface area contributed by atoms with Crippen molar-refractivity contribution in [2.45, 2.75) is 64.3 Å². The van der Waals surface area contributed by atoms with Crippen molar-refractivity contribution in [2.75, 3.05) is 19.6 Å². The molecule has 1 aromatic carbocycles. The van der Waals surface area contributed by atoms with Gasteiger partial charge in [0, 0.05) is 30.8 Å². The van der Waals surface area contributed by atoms with Crippen molar-refractivity contribution >= 4 is 11.6 Å². The number of rotatable bonds is 7. The molecule has 8 heteroatoms. The highest BCUT2D eigenvalue weighted by atomic mass is 16.6. The van der Waals surface area contributed by atoms with Gasteiger partial charge in [0.1, 0.15) is 0 Å². The summed E-state index contributed by atoms with van der Waals surface area (Å²) in [6.45, 7) is 4.92. The highest BCUT2D eigenvalue weighted by Gasteiger charge is 2.27. The van der Waals surface area contributed by atoms with Crippen molar-refractivity contribution in [2.24, 2.45) is 5.92 Å². The average molecular weight is 467 g/mol. The van der Waals surface area contributed by atoms with E-state index >= 15 is 0 Å². The lowest BCUT2D eigenvalue weighted by Gasteiger charge is -2.32. The van der Waals surface area contributed by atoms with Crippen LogP contribution in [0.15, 0.2) is 30.3 Å². The number of nitrogens with one attached hydrogen (secondary N) is 1. The number of phenolic OH excluding ortho intramolecular Hbond substituents is 1. The molecule has 1 amide bonds. The van der Waals surface area contributed by atoms with E-state index in [2.05, 4.69) is 10.2 Å². The van der Waals surface area contributed by atoms with Gasteiger partial charge in [-0.25, -0.2) is 0 Å². The van der Waals surface area contributed by atoms with Gasteiger partial charge in [0.05, 0.1) is 16.2 Å². The minimum Gasteiger partial charge on any atom is -0.502 e. The second-order valence-corrected chi connectivity index (χ2v) is 9.73. The summed E-state index contributed by atoms with van der Waals surface area (Å²) < 4.78 is 0. The SMILES string of the molecule is Cc1ccc(C(=O)NCC2CCCCC2)c(C2CCN(Cc3ccc(O)c([N+](=O)[O-])c3)CC2)n1. The summed E-state index contributed by atoms with van der Waals surface area (Å²) in [5.41, 5.74) is 3.03. The number of piperidine rings is 1. The number of aromatic hydroxyl groups is 1. The van der Waals surface area contributed by atoms with E-state index < -0.39 is 4.92 Å². The molecule has 0 atom stereocenters. The first-order valence-electron chi connectivity index (χ1n) is 12.3. The summed E-state index contributed by atoms with van der Waals surface area (Å²) in [6.07, 6.45) is 7.96. The molecule has 2 aliphatic rings. The number of phenols is 1. The maximum absolute atomic E-state index is 13.0. The Bertz CT molecular complexity index is 1030. The van der Waals surface area contributed by atoms with Crippen LogP contribution in [0.5, 0.6) is 5.75 Å². The van der Waals surface area contributed by atoms with Crippen molar-refractivity contribution in [3.63, 3.8) is 0 Å². The van der Waals surface area contributed by atoms with Crippen LogP contribution in [0.1, 0.15) is 78.2 Å². The Morgan fingerprint density at radius 2 is 1.88 bits per heavy atom. The quantitative estimate of drug-likeness (QED) is 0.452. The van der Waals surface area contributed by atoms with Crippen molar-refractivity contribution < 1.29 is 14.8 Å². The van der Waals surface area contributed by atoms with Crippen molar-refractivity contribution in [1.29, 1.82) is 0 Å². The molecule has 2 fully saturated rings. The minimum absolute atomic E-state index is 0.0214. The van der Waals surface area contributed by atoms with Crippen LogP contribution in [0.25, 0.3) is 0 Å². The Morgan fingerprint density at radius 3 is 2.59 bits per heavy atom. The second kappa shape index (κ2) is 11.0. The topological polar surface area (TPSA) is 109 Å². The van der Waals surface area contributed by atoms with Gasteiger partial charge in [-0.1, -0.05) is 25.3 Å². The number of nitro groups is 1. The fraction of sp³-hybridized carbons (Fsp3) is 0.538. The fourth-order valence-electron chi connectivity index (χ4n) is 5.24. The van der Waals surface area contributed by atoms with Crippen LogP contribution in [-0.4, -0.2) is 45.5 Å². The molecule has 182 valence electrons. The predicted molar refractivity (Wildman–Crippen MR) is 130 cm³/mol. The zero-order valence-corrected chi connectivity index (χ0v) is 19.8. The monoisotopic (exact) mass is 466 g/mol. The Kier molecular flexibility index (Phi) is 7.77. The third-order valence-corrected chi connectivity index (χ3v) is 7.20. The molecule has 1 saturated carbocycles. The molecule has 0 unspecified atom stereocenters. The number of carbonyl (C=O) groups is 1. The number of carbonyl (C=O) groups excluding carboxylic acids is 1. The molecule has 2 aromatic rings. The molecule has 4 rings (SSSR count). The van der Waals surface area contributed by atoms with Gasteiger partial charge in [0.2, 0.25) is 0 Å². The molecule has 8 nitrogen and oxygen atoms in total. The number of aromatic nitrogens is 1. The highest BCUT2D eigenvalue weighted by Crippen LogP contribution is 2.32. The van der Waals surface area contributed by atoms with Gasteiger partial charge in [0.25, 0.3) is 5.91 Å². The molecule has 34 heavy (non-hydrogen) atoms. The number of nitro benzene ring substituents is 1. The summed E-state index contributed by atoms with van der Waals surface area (Å²) in [5, 5.41) is 24.0. The lowest BCUT2D eigenvalue weighted by atomic mass is 9.88. The summed E-state index contributed by atoms with van der Waals surface area (Å²) in [7, 11) is 0. The number of nitrogens with zero attached hydrogens (tertiary/aromatic N) is 3. The van der Waals surface area contributed by atoms with E-state index in [1.807, 2.05) is 19.1 Å². The standard InChI is InChI=1S/C26H34N4O4/c1-18-7-9-22(26(32)27-16-19-5-3-2-4-6-19)25(28-18)21-11-13-29(14-12-21)17-20-8-10-24(31)23(15-20)30(33)34/h7-10,15,19,21,31H,2-6,11-14,16-17H2,1H3,(H,27,32). The molecular weight excluding hydrogens is 432 g/mol. The van der Waals surface area contributed by atoms with Crippen LogP contribution in [0.3, 0.4) is 0 Å². The molecule has 1 aliphatic carbocycles. The lowest BCUT2D eigenvalue weighted by Crippen LogP contribution is -2.35. The smallest absolute Gasteiger partial charge is 0.311 e. The van der Waals surface area contributed by atoms with Crippen LogP contribution in [0.4, 0.5) is 5.69 Å². The normalized spacial score (nSPS) is 18.0. The van der Waals surface area contributed by atoms with Gasteiger partial charge < -0.3 is 10.4 Å². The molecule has 2 heterocycles. The van der Waals surface area contributed by atoms with Crippen LogP contribution in [0, 0.1) is 23.0 Å². The van der Waals surface area contributed by atoms with Gasteiger partial charge in [-0.2, -0.15) is 0 Å². The van der Waals surface area contributed by atoms with E-state index in [0.717, 1.165) is 49.4 Å². The van der Waals surface area contributed by atoms with Gasteiger partial charge in [-0.3, -0.25) is 24.8 Å². The number of hydrogen-bond acceptors (Lipinski definition) is 6. The Hall–Kier alpha value is -3.00. The largest absolute Gasteiger partial charge is 0.502 e. The second-order valence-electron chi connectivity index (χ2n) is 9.73. The Morgan fingerprint density at radius 1 is 1.15 bits per heavy atom. The van der Waals surface area contributed by atoms with Crippen molar-refractivity contribution in [3.05, 3.63) is 63.0 Å². The molecule has 1 saturated heterocycles. The summed E-state index contributed by atoms with van der Waals surface area (Å²) in [6, 6.07) is 8.38. The first kappa shape index (κ1) is 24.1. The Balaban J connectivity index is 1.38. The summed E-state index contributed by atoms with van der Waals surface area (Å²) in [5.74, 6) is 0.457. The third-order valence-electron chi connectivity index (χ3n) is 7.20. The van der Waals surface area contributed by atoms with E-state index in [0.29, 0.717) is 18.0 Å². The third kappa shape index (κ3) is 5.91. The summed E-state index contributed by atoms with van der Waals surface area (Å²) in [4.78, 5) is 30.6.